The second-order valence-electron chi connectivity index (χ2n) is 7.28. The number of nitrogens with zero attached hydrogens (tertiary/aromatic N) is 2. The number of rotatable bonds is 6. The van der Waals surface area contributed by atoms with E-state index in [1.807, 2.05) is 0 Å². The van der Waals surface area contributed by atoms with Gasteiger partial charge in [-0.3, -0.25) is 0 Å². The molecule has 1 aromatic carbocycles. The van der Waals surface area contributed by atoms with Crippen LogP contribution in [0.15, 0.2) is 24.5 Å². The Morgan fingerprint density at radius 2 is 1.97 bits per heavy atom. The summed E-state index contributed by atoms with van der Waals surface area (Å²) in [5.74, 6) is -0.539. The average Bonchev–Trinajstić information content (AvgIpc) is 3.08. The Labute approximate surface area is 176 Å². The zero-order valence-corrected chi connectivity index (χ0v) is 17.5. The highest BCUT2D eigenvalue weighted by molar-refractivity contribution is 7.20. The normalized spacial score (nSPS) is 19.0. The predicted octanol–water partition coefficient (Wildman–Crippen LogP) is 4.92. The van der Waals surface area contributed by atoms with Gasteiger partial charge in [0.2, 0.25) is 0 Å². The van der Waals surface area contributed by atoms with E-state index in [2.05, 4.69) is 15.3 Å². The van der Waals surface area contributed by atoms with Gasteiger partial charge in [0, 0.05) is 13.2 Å². The van der Waals surface area contributed by atoms with E-state index in [1.54, 1.807) is 20.1 Å². The Morgan fingerprint density at radius 1 is 1.23 bits per heavy atom. The number of aromatic carboxylic acids is 1. The highest BCUT2D eigenvalue weighted by Crippen LogP contribution is 2.37. The van der Waals surface area contributed by atoms with Gasteiger partial charge in [0.1, 0.15) is 33.4 Å². The van der Waals surface area contributed by atoms with Crippen molar-refractivity contribution in [1.82, 2.24) is 9.97 Å². The van der Waals surface area contributed by atoms with E-state index in [1.165, 1.54) is 18.5 Å². The quantitative estimate of drug-likeness (QED) is 0.572. The largest absolute Gasteiger partial charge is 0.488 e. The highest BCUT2D eigenvalue weighted by Gasteiger charge is 2.24. The molecule has 7 nitrogen and oxygen atoms in total. The molecule has 4 rings (SSSR count). The van der Waals surface area contributed by atoms with Gasteiger partial charge < -0.3 is 19.9 Å². The Balaban J connectivity index is 1.63. The van der Waals surface area contributed by atoms with Gasteiger partial charge in [0.15, 0.2) is 0 Å². The Kier molecular flexibility index (Phi) is 5.83. The first kappa shape index (κ1) is 20.5. The van der Waals surface area contributed by atoms with Crippen LogP contribution in [0.25, 0.3) is 10.2 Å². The van der Waals surface area contributed by atoms with E-state index in [0.29, 0.717) is 33.0 Å². The zero-order chi connectivity index (χ0) is 21.3. The van der Waals surface area contributed by atoms with Crippen molar-refractivity contribution in [3.8, 4) is 5.75 Å². The van der Waals surface area contributed by atoms with Crippen molar-refractivity contribution in [1.29, 1.82) is 0 Å². The Hall–Kier alpha value is -2.78. The van der Waals surface area contributed by atoms with Crippen molar-refractivity contribution >= 4 is 39.0 Å². The third-order valence-electron chi connectivity index (χ3n) is 5.37. The number of hydrogen-bond donors (Lipinski definition) is 2. The Morgan fingerprint density at radius 3 is 2.67 bits per heavy atom. The highest BCUT2D eigenvalue weighted by atomic mass is 32.1. The van der Waals surface area contributed by atoms with Crippen molar-refractivity contribution in [2.45, 2.75) is 44.8 Å². The maximum atomic E-state index is 13.9. The molecule has 0 bridgehead atoms. The molecule has 0 aliphatic heterocycles. The molecule has 1 aliphatic rings. The van der Waals surface area contributed by atoms with Crippen molar-refractivity contribution in [3.63, 3.8) is 0 Å². The first-order chi connectivity index (χ1) is 14.5. The number of anilines is 2. The number of benzene rings is 1. The average molecular weight is 431 g/mol. The van der Waals surface area contributed by atoms with Crippen molar-refractivity contribution in [2.75, 3.05) is 12.4 Å². The Bertz CT molecular complexity index is 1080. The third kappa shape index (κ3) is 4.08. The van der Waals surface area contributed by atoms with E-state index in [-0.39, 0.29) is 17.1 Å². The molecule has 0 saturated heterocycles. The van der Waals surface area contributed by atoms with Gasteiger partial charge in [-0.15, -0.1) is 11.3 Å². The topological polar surface area (TPSA) is 93.6 Å². The number of aryl methyl sites for hydroxylation is 1. The van der Waals surface area contributed by atoms with Crippen LogP contribution in [0.5, 0.6) is 5.75 Å². The molecule has 0 amide bonds. The molecule has 1 saturated carbocycles. The van der Waals surface area contributed by atoms with Crippen LogP contribution in [0.1, 0.15) is 40.9 Å². The predicted molar refractivity (Wildman–Crippen MR) is 112 cm³/mol. The van der Waals surface area contributed by atoms with Gasteiger partial charge in [-0.1, -0.05) is 0 Å². The van der Waals surface area contributed by atoms with Crippen LogP contribution in [0, 0.1) is 12.7 Å². The minimum Gasteiger partial charge on any atom is -0.488 e. The number of carboxylic acids is 1. The van der Waals surface area contributed by atoms with E-state index in [4.69, 9.17) is 9.47 Å². The third-order valence-corrected chi connectivity index (χ3v) is 6.55. The van der Waals surface area contributed by atoms with Gasteiger partial charge in [-0.05, 0) is 50.3 Å². The number of carbonyl (C=O) groups is 1. The fraction of sp³-hybridized carbons (Fsp3) is 0.381. The second-order valence-corrected chi connectivity index (χ2v) is 8.28. The SMILES string of the molecule is COC1CCC(Oc2cc(F)ccc2Nc2ncnc3sc(C(=O)O)c(C)c23)CC1. The molecule has 9 heteroatoms. The van der Waals surface area contributed by atoms with Crippen molar-refractivity contribution in [3.05, 3.63) is 40.8 Å². The number of thiophene rings is 1. The number of carboxylic acid groups (broad SMARTS) is 1. The summed E-state index contributed by atoms with van der Waals surface area (Å²) in [6.07, 6.45) is 5.06. The van der Waals surface area contributed by atoms with Gasteiger partial charge in [0.25, 0.3) is 0 Å². The number of hydrogen-bond acceptors (Lipinski definition) is 7. The molecular formula is C21H22FN3O4S. The summed E-state index contributed by atoms with van der Waals surface area (Å²) in [4.78, 5) is 20.8. The molecule has 1 aliphatic carbocycles. The lowest BCUT2D eigenvalue weighted by Gasteiger charge is -2.28. The van der Waals surface area contributed by atoms with Gasteiger partial charge in [-0.2, -0.15) is 0 Å². The molecule has 2 aromatic heterocycles. The molecule has 0 radical (unpaired) electrons. The van der Waals surface area contributed by atoms with Crippen LogP contribution in [0.4, 0.5) is 15.9 Å². The van der Waals surface area contributed by atoms with Crippen LogP contribution in [-0.4, -0.2) is 40.4 Å². The maximum absolute atomic E-state index is 13.9. The summed E-state index contributed by atoms with van der Waals surface area (Å²) in [7, 11) is 1.71. The smallest absolute Gasteiger partial charge is 0.346 e. The first-order valence-electron chi connectivity index (χ1n) is 9.69. The summed E-state index contributed by atoms with van der Waals surface area (Å²) in [6.45, 7) is 1.73. The number of ether oxygens (including phenoxy) is 2. The minimum absolute atomic E-state index is 0.0225. The lowest BCUT2D eigenvalue weighted by Crippen LogP contribution is -2.27. The fourth-order valence-electron chi connectivity index (χ4n) is 3.76. The maximum Gasteiger partial charge on any atom is 0.346 e. The molecule has 1 fully saturated rings. The number of methoxy groups -OCH3 is 1. The lowest BCUT2D eigenvalue weighted by molar-refractivity contribution is 0.0329. The summed E-state index contributed by atoms with van der Waals surface area (Å²) < 4.78 is 25.5. The first-order valence-corrected chi connectivity index (χ1v) is 10.5. The lowest BCUT2D eigenvalue weighted by atomic mass is 9.95. The number of halogens is 1. The van der Waals surface area contributed by atoms with Crippen LogP contribution in [0.3, 0.4) is 0 Å². The molecule has 0 unspecified atom stereocenters. The van der Waals surface area contributed by atoms with Gasteiger partial charge in [-0.25, -0.2) is 19.2 Å². The summed E-state index contributed by atoms with van der Waals surface area (Å²) in [5.41, 5.74) is 1.15. The number of nitrogens with one attached hydrogen (secondary N) is 1. The number of aromatic nitrogens is 2. The van der Waals surface area contributed by atoms with Crippen molar-refractivity contribution < 1.29 is 23.8 Å². The van der Waals surface area contributed by atoms with Crippen LogP contribution < -0.4 is 10.1 Å². The minimum atomic E-state index is -1.00. The van der Waals surface area contributed by atoms with Crippen molar-refractivity contribution in [2.24, 2.45) is 0 Å². The van der Waals surface area contributed by atoms with Gasteiger partial charge in [0.05, 0.1) is 23.3 Å². The summed E-state index contributed by atoms with van der Waals surface area (Å²) in [5, 5.41) is 13.2. The van der Waals surface area contributed by atoms with Crippen LogP contribution >= 0.6 is 11.3 Å². The van der Waals surface area contributed by atoms with Gasteiger partial charge >= 0.3 is 5.97 Å². The van der Waals surface area contributed by atoms with E-state index >= 15 is 0 Å². The zero-order valence-electron chi connectivity index (χ0n) is 16.6. The van der Waals surface area contributed by atoms with E-state index in [0.717, 1.165) is 37.0 Å². The molecule has 30 heavy (non-hydrogen) atoms. The van der Waals surface area contributed by atoms with E-state index in [9.17, 15) is 14.3 Å². The summed E-state index contributed by atoms with van der Waals surface area (Å²) >= 11 is 1.10. The molecule has 0 atom stereocenters. The monoisotopic (exact) mass is 431 g/mol. The molecule has 2 heterocycles. The molecule has 2 N–H and O–H groups in total. The molecule has 0 spiro atoms. The summed E-state index contributed by atoms with van der Waals surface area (Å²) in [6, 6.07) is 4.30. The van der Waals surface area contributed by atoms with Crippen LogP contribution in [0.2, 0.25) is 0 Å². The van der Waals surface area contributed by atoms with Crippen LogP contribution in [-0.2, 0) is 4.74 Å². The molecular weight excluding hydrogens is 409 g/mol. The van der Waals surface area contributed by atoms with E-state index < -0.39 is 11.8 Å². The fourth-order valence-corrected chi connectivity index (χ4v) is 4.75. The molecule has 3 aromatic rings. The standard InChI is InChI=1S/C21H22FN3O4S/c1-11-17-19(23-10-24-20(17)30-18(11)21(26)27)25-15-8-3-12(22)9-16(15)29-14-6-4-13(28-2)5-7-14/h3,8-10,13-14H,4-7H2,1-2H3,(H,26,27)(H,23,24,25). The molecule has 158 valence electrons. The number of fused-ring (bicyclic) bond motifs is 1. The second kappa shape index (κ2) is 8.53.